The molecule has 0 radical (unpaired) electrons. The van der Waals surface area contributed by atoms with E-state index in [4.69, 9.17) is 5.11 Å². The first kappa shape index (κ1) is 15.0. The largest absolute Gasteiger partial charge is 0.477 e. The minimum absolute atomic E-state index is 0.0144. The molecule has 7 nitrogen and oxygen atoms in total. The first-order chi connectivity index (χ1) is 9.31. The van der Waals surface area contributed by atoms with Gasteiger partial charge in [0.15, 0.2) is 0 Å². The van der Waals surface area contributed by atoms with Crippen molar-refractivity contribution in [2.75, 3.05) is 27.2 Å². The van der Waals surface area contributed by atoms with Crippen LogP contribution in [0.4, 0.5) is 0 Å². The van der Waals surface area contributed by atoms with Gasteiger partial charge < -0.3 is 14.6 Å². The normalized spacial score (nSPS) is 15.8. The van der Waals surface area contributed by atoms with Gasteiger partial charge in [-0.15, -0.1) is 0 Å². The zero-order valence-electron chi connectivity index (χ0n) is 11.5. The second-order valence-corrected chi connectivity index (χ2v) is 6.97. The number of carboxylic acids is 1. The van der Waals surface area contributed by atoms with E-state index in [-0.39, 0.29) is 23.2 Å². The highest BCUT2D eigenvalue weighted by molar-refractivity contribution is 7.89. The van der Waals surface area contributed by atoms with Gasteiger partial charge in [0.25, 0.3) is 0 Å². The average Bonchev–Trinajstić information content (AvgIpc) is 3.06. The number of rotatable bonds is 7. The van der Waals surface area contributed by atoms with Crippen molar-refractivity contribution in [2.45, 2.75) is 23.8 Å². The maximum atomic E-state index is 12.1. The monoisotopic (exact) mass is 301 g/mol. The highest BCUT2D eigenvalue weighted by Crippen LogP contribution is 2.37. The molecule has 1 heterocycles. The molecule has 1 fully saturated rings. The number of sulfonamides is 1. The topological polar surface area (TPSA) is 91.6 Å². The van der Waals surface area contributed by atoms with Crippen LogP contribution in [0, 0.1) is 0 Å². The molecular weight excluding hydrogens is 282 g/mol. The van der Waals surface area contributed by atoms with Crippen molar-refractivity contribution in [1.29, 1.82) is 0 Å². The smallest absolute Gasteiger partial charge is 0.352 e. The third-order valence-electron chi connectivity index (χ3n) is 3.14. The number of likely N-dealkylation sites (N-methyl/N-ethyl adjacent to an activating group) is 1. The van der Waals surface area contributed by atoms with E-state index in [0.717, 1.165) is 12.8 Å². The number of aromatic carboxylic acids is 1. The SMILES string of the molecule is CN(C)CCNS(=O)(=O)c1cc(C(=O)O)n(C2CC2)c1. The van der Waals surface area contributed by atoms with Gasteiger partial charge in [-0.2, -0.15) is 0 Å². The average molecular weight is 301 g/mol. The number of nitrogens with zero attached hydrogens (tertiary/aromatic N) is 2. The third-order valence-corrected chi connectivity index (χ3v) is 4.57. The molecule has 0 aliphatic heterocycles. The van der Waals surface area contributed by atoms with Crippen molar-refractivity contribution in [3.63, 3.8) is 0 Å². The molecule has 112 valence electrons. The van der Waals surface area contributed by atoms with Gasteiger partial charge in [-0.3, -0.25) is 0 Å². The second kappa shape index (κ2) is 5.55. The molecule has 2 N–H and O–H groups in total. The summed E-state index contributed by atoms with van der Waals surface area (Å²) in [5, 5.41) is 9.13. The summed E-state index contributed by atoms with van der Waals surface area (Å²) in [5.74, 6) is -1.10. The fourth-order valence-electron chi connectivity index (χ4n) is 1.91. The molecular formula is C12H19N3O4S. The van der Waals surface area contributed by atoms with E-state index in [1.807, 2.05) is 19.0 Å². The van der Waals surface area contributed by atoms with Gasteiger partial charge in [-0.05, 0) is 33.0 Å². The zero-order chi connectivity index (χ0) is 14.9. The number of aromatic nitrogens is 1. The van der Waals surface area contributed by atoms with E-state index < -0.39 is 16.0 Å². The van der Waals surface area contributed by atoms with E-state index in [2.05, 4.69) is 4.72 Å². The van der Waals surface area contributed by atoms with Crippen LogP contribution >= 0.6 is 0 Å². The Labute approximate surface area is 118 Å². The van der Waals surface area contributed by atoms with Crippen LogP contribution in [0.3, 0.4) is 0 Å². The summed E-state index contributed by atoms with van der Waals surface area (Å²) in [5.41, 5.74) is 0.0282. The Morgan fingerprint density at radius 1 is 1.50 bits per heavy atom. The molecule has 0 amide bonds. The lowest BCUT2D eigenvalue weighted by Gasteiger charge is -2.10. The maximum Gasteiger partial charge on any atom is 0.352 e. The molecule has 1 aliphatic rings. The van der Waals surface area contributed by atoms with Crippen molar-refractivity contribution < 1.29 is 18.3 Å². The fourth-order valence-corrected chi connectivity index (χ4v) is 2.96. The van der Waals surface area contributed by atoms with Crippen LogP contribution < -0.4 is 4.72 Å². The molecule has 0 unspecified atom stereocenters. The third kappa shape index (κ3) is 3.38. The summed E-state index contributed by atoms with van der Waals surface area (Å²) < 4.78 is 28.2. The summed E-state index contributed by atoms with van der Waals surface area (Å²) in [7, 11) is 0.0375. The van der Waals surface area contributed by atoms with Crippen LogP contribution in [-0.2, 0) is 10.0 Å². The number of nitrogens with one attached hydrogen (secondary N) is 1. The van der Waals surface area contributed by atoms with Crippen molar-refractivity contribution in [3.8, 4) is 0 Å². The maximum absolute atomic E-state index is 12.1. The molecule has 0 aromatic carbocycles. The van der Waals surface area contributed by atoms with Crippen LogP contribution in [0.15, 0.2) is 17.2 Å². The minimum Gasteiger partial charge on any atom is -0.477 e. The van der Waals surface area contributed by atoms with Crippen LogP contribution in [-0.4, -0.2) is 56.1 Å². The highest BCUT2D eigenvalue weighted by Gasteiger charge is 2.30. The van der Waals surface area contributed by atoms with Crippen LogP contribution in [0.1, 0.15) is 29.4 Å². The molecule has 0 atom stereocenters. The van der Waals surface area contributed by atoms with E-state index >= 15 is 0 Å². The van der Waals surface area contributed by atoms with Crippen molar-refractivity contribution in [3.05, 3.63) is 18.0 Å². The van der Waals surface area contributed by atoms with Crippen molar-refractivity contribution in [1.82, 2.24) is 14.2 Å². The first-order valence-electron chi connectivity index (χ1n) is 6.41. The predicted molar refractivity (Wildman–Crippen MR) is 73.4 cm³/mol. The fraction of sp³-hybridized carbons (Fsp3) is 0.583. The summed E-state index contributed by atoms with van der Waals surface area (Å²) in [6.07, 6.45) is 3.20. The highest BCUT2D eigenvalue weighted by atomic mass is 32.2. The predicted octanol–water partition coefficient (Wildman–Crippen LogP) is 0.361. The molecule has 1 saturated carbocycles. The molecule has 0 bridgehead atoms. The first-order valence-corrected chi connectivity index (χ1v) is 7.89. The Balaban J connectivity index is 2.19. The van der Waals surface area contributed by atoms with Crippen LogP contribution in [0.25, 0.3) is 0 Å². The minimum atomic E-state index is -3.66. The molecule has 8 heteroatoms. The van der Waals surface area contributed by atoms with E-state index in [0.29, 0.717) is 6.54 Å². The van der Waals surface area contributed by atoms with Crippen LogP contribution in [0.2, 0.25) is 0 Å². The number of carbonyl (C=O) groups is 1. The molecule has 20 heavy (non-hydrogen) atoms. The van der Waals surface area contributed by atoms with Gasteiger partial charge in [0.2, 0.25) is 10.0 Å². The summed E-state index contributed by atoms with van der Waals surface area (Å²) in [4.78, 5) is 13.0. The van der Waals surface area contributed by atoms with Crippen molar-refractivity contribution >= 4 is 16.0 Å². The number of hydrogen-bond acceptors (Lipinski definition) is 4. The lowest BCUT2D eigenvalue weighted by Crippen LogP contribution is -2.31. The summed E-state index contributed by atoms with van der Waals surface area (Å²) >= 11 is 0. The van der Waals surface area contributed by atoms with E-state index in [1.54, 1.807) is 4.57 Å². The molecule has 1 aromatic heterocycles. The second-order valence-electron chi connectivity index (χ2n) is 5.21. The number of carboxylic acid groups (broad SMARTS) is 1. The summed E-state index contributed by atoms with van der Waals surface area (Å²) in [6.45, 7) is 0.862. The number of hydrogen-bond donors (Lipinski definition) is 2. The zero-order valence-corrected chi connectivity index (χ0v) is 12.4. The lowest BCUT2D eigenvalue weighted by molar-refractivity contribution is 0.0685. The van der Waals surface area contributed by atoms with Gasteiger partial charge in [-0.25, -0.2) is 17.9 Å². The standard InChI is InChI=1S/C12H19N3O4S/c1-14(2)6-5-13-20(18,19)10-7-11(12(16)17)15(8-10)9-3-4-9/h7-9,13H,3-6H2,1-2H3,(H,16,17). The Morgan fingerprint density at radius 3 is 2.65 bits per heavy atom. The van der Waals surface area contributed by atoms with Gasteiger partial charge in [0.1, 0.15) is 10.6 Å². The Hall–Kier alpha value is -1.38. The van der Waals surface area contributed by atoms with Crippen LogP contribution in [0.5, 0.6) is 0 Å². The molecule has 1 aromatic rings. The van der Waals surface area contributed by atoms with Gasteiger partial charge in [0, 0.05) is 25.3 Å². The van der Waals surface area contributed by atoms with Crippen molar-refractivity contribution in [2.24, 2.45) is 0 Å². The van der Waals surface area contributed by atoms with Gasteiger partial charge in [0.05, 0.1) is 0 Å². The molecule has 0 spiro atoms. The van der Waals surface area contributed by atoms with Gasteiger partial charge >= 0.3 is 5.97 Å². The molecule has 2 rings (SSSR count). The Kier molecular flexibility index (Phi) is 4.17. The quantitative estimate of drug-likeness (QED) is 0.759. The lowest BCUT2D eigenvalue weighted by atomic mass is 10.4. The van der Waals surface area contributed by atoms with E-state index in [9.17, 15) is 13.2 Å². The van der Waals surface area contributed by atoms with E-state index in [1.165, 1.54) is 12.3 Å². The summed E-state index contributed by atoms with van der Waals surface area (Å²) in [6, 6.07) is 1.34. The Morgan fingerprint density at radius 2 is 2.15 bits per heavy atom. The Bertz CT molecular complexity index is 602. The molecule has 0 saturated heterocycles. The molecule has 1 aliphatic carbocycles. The van der Waals surface area contributed by atoms with Gasteiger partial charge in [-0.1, -0.05) is 0 Å².